The first-order chi connectivity index (χ1) is 19.3. The van der Waals surface area contributed by atoms with Gasteiger partial charge in [0.05, 0.1) is 25.3 Å². The number of halogens is 1. The largest absolute Gasteiger partial charge is 0.497 e. The number of carbonyl (C=O) groups is 3. The summed E-state index contributed by atoms with van der Waals surface area (Å²) in [6.07, 6.45) is 1.62. The molecule has 212 valence electrons. The quantitative estimate of drug-likeness (QED) is 0.360. The number of methoxy groups -OCH3 is 1. The smallest absolute Gasteiger partial charge is 0.338 e. The van der Waals surface area contributed by atoms with E-state index in [1.54, 1.807) is 62.6 Å². The molecule has 10 heteroatoms. The van der Waals surface area contributed by atoms with Crippen molar-refractivity contribution in [3.05, 3.63) is 88.6 Å². The molecular weight excluding hydrogens is 532 g/mol. The topological polar surface area (TPSA) is 91.4 Å². The molecule has 1 N–H and O–H groups in total. The van der Waals surface area contributed by atoms with Gasteiger partial charge in [0.15, 0.2) is 0 Å². The van der Waals surface area contributed by atoms with Gasteiger partial charge in [-0.2, -0.15) is 0 Å². The van der Waals surface area contributed by atoms with Gasteiger partial charge < -0.3 is 19.7 Å². The second kappa shape index (κ2) is 13.0. The first kappa shape index (κ1) is 29.2. The van der Waals surface area contributed by atoms with E-state index in [0.29, 0.717) is 59.3 Å². The Balaban J connectivity index is 1.63. The van der Waals surface area contributed by atoms with Crippen molar-refractivity contribution in [2.24, 2.45) is 0 Å². The Kier molecular flexibility index (Phi) is 9.50. The average molecular weight is 567 g/mol. The van der Waals surface area contributed by atoms with E-state index in [4.69, 9.17) is 21.1 Å². The second-order valence-electron chi connectivity index (χ2n) is 9.70. The van der Waals surface area contributed by atoms with Crippen LogP contribution in [0.1, 0.15) is 35.8 Å². The summed E-state index contributed by atoms with van der Waals surface area (Å²) in [5.41, 5.74) is 2.08. The van der Waals surface area contributed by atoms with Crippen molar-refractivity contribution in [3.8, 4) is 5.75 Å². The van der Waals surface area contributed by atoms with Crippen LogP contribution in [0, 0.1) is 0 Å². The fourth-order valence-corrected chi connectivity index (χ4v) is 5.42. The van der Waals surface area contributed by atoms with E-state index in [0.717, 1.165) is 0 Å². The van der Waals surface area contributed by atoms with Crippen LogP contribution in [-0.4, -0.2) is 85.1 Å². The Morgan fingerprint density at radius 1 is 1.15 bits per heavy atom. The number of nitrogens with zero attached hydrogens (tertiary/aromatic N) is 3. The third-order valence-electron chi connectivity index (χ3n) is 7.14. The molecular formula is C30H35ClN4O5. The zero-order valence-electron chi connectivity index (χ0n) is 23.1. The van der Waals surface area contributed by atoms with E-state index in [9.17, 15) is 14.4 Å². The highest BCUT2D eigenvalue weighted by molar-refractivity contribution is 6.31. The number of benzene rings is 2. The Morgan fingerprint density at radius 2 is 1.88 bits per heavy atom. The fourth-order valence-electron chi connectivity index (χ4n) is 5.18. The first-order valence-corrected chi connectivity index (χ1v) is 13.7. The molecule has 40 heavy (non-hydrogen) atoms. The number of nitrogens with one attached hydrogen (secondary N) is 1. The second-order valence-corrected chi connectivity index (χ2v) is 10.1. The molecule has 4 rings (SSSR count). The number of hydrogen-bond donors (Lipinski definition) is 1. The lowest BCUT2D eigenvalue weighted by Crippen LogP contribution is -2.56. The molecule has 0 radical (unpaired) electrons. The van der Waals surface area contributed by atoms with E-state index in [2.05, 4.69) is 16.8 Å². The van der Waals surface area contributed by atoms with Crippen LogP contribution in [0.3, 0.4) is 0 Å². The number of hydrogen-bond acceptors (Lipinski definition) is 6. The maximum absolute atomic E-state index is 13.4. The molecule has 1 saturated heterocycles. The van der Waals surface area contributed by atoms with Crippen LogP contribution >= 0.6 is 11.6 Å². The lowest BCUT2D eigenvalue weighted by Gasteiger charge is -2.43. The predicted molar refractivity (Wildman–Crippen MR) is 153 cm³/mol. The van der Waals surface area contributed by atoms with Crippen LogP contribution < -0.4 is 10.1 Å². The summed E-state index contributed by atoms with van der Waals surface area (Å²) in [5, 5.41) is 3.37. The van der Waals surface area contributed by atoms with Crippen molar-refractivity contribution in [2.75, 3.05) is 46.4 Å². The Labute approximate surface area is 240 Å². The molecule has 2 heterocycles. The number of piperazine rings is 1. The molecule has 0 spiro atoms. The van der Waals surface area contributed by atoms with Crippen LogP contribution in [0.25, 0.3) is 0 Å². The molecule has 0 bridgehead atoms. The summed E-state index contributed by atoms with van der Waals surface area (Å²) in [7, 11) is 1.59. The van der Waals surface area contributed by atoms with Gasteiger partial charge in [0.1, 0.15) is 5.75 Å². The van der Waals surface area contributed by atoms with Gasteiger partial charge in [0, 0.05) is 55.0 Å². The van der Waals surface area contributed by atoms with Gasteiger partial charge in [-0.3, -0.25) is 14.6 Å². The maximum Gasteiger partial charge on any atom is 0.338 e. The normalized spacial score (nSPS) is 19.8. The molecule has 0 aromatic heterocycles. The summed E-state index contributed by atoms with van der Waals surface area (Å²) < 4.78 is 10.7. The molecule has 2 aromatic rings. The zero-order chi connectivity index (χ0) is 28.8. The van der Waals surface area contributed by atoms with Gasteiger partial charge in [0.25, 0.3) is 5.91 Å². The van der Waals surface area contributed by atoms with Crippen molar-refractivity contribution in [2.45, 2.75) is 25.9 Å². The van der Waals surface area contributed by atoms with Gasteiger partial charge in [-0.15, -0.1) is 6.58 Å². The van der Waals surface area contributed by atoms with Crippen LogP contribution in [0.15, 0.2) is 72.5 Å². The molecule has 0 saturated carbocycles. The molecule has 3 amide bonds. The Bertz CT molecular complexity index is 1300. The molecule has 2 aliphatic rings. The first-order valence-electron chi connectivity index (χ1n) is 13.3. The SMILES string of the molecule is C=CCN1C(=O)NC(c2ccccc2Cl)C(C(=O)OCC)=C1CN1CCN(C(=O)c2ccc(OC)cc2)C(C)C1. The molecule has 2 aromatic carbocycles. The van der Waals surface area contributed by atoms with Crippen molar-refractivity contribution >= 4 is 29.5 Å². The molecule has 2 unspecified atom stereocenters. The highest BCUT2D eigenvalue weighted by Gasteiger charge is 2.40. The van der Waals surface area contributed by atoms with Crippen molar-refractivity contribution in [1.82, 2.24) is 20.0 Å². The lowest BCUT2D eigenvalue weighted by molar-refractivity contribution is -0.139. The maximum atomic E-state index is 13.4. The van der Waals surface area contributed by atoms with E-state index in [1.807, 2.05) is 17.9 Å². The Morgan fingerprint density at radius 3 is 2.50 bits per heavy atom. The highest BCUT2D eigenvalue weighted by Crippen LogP contribution is 2.35. The minimum Gasteiger partial charge on any atom is -0.497 e. The molecule has 2 aliphatic heterocycles. The average Bonchev–Trinajstić information content (AvgIpc) is 2.95. The molecule has 2 atom stereocenters. The molecule has 1 fully saturated rings. The summed E-state index contributed by atoms with van der Waals surface area (Å²) in [4.78, 5) is 45.5. The fraction of sp³-hybridized carbons (Fsp3) is 0.367. The van der Waals surface area contributed by atoms with Crippen LogP contribution in [0.4, 0.5) is 4.79 Å². The standard InChI is InChI=1S/C30H35ClN4O5/c1-5-15-35-25(26(29(37)40-6-2)27(32-30(35)38)23-9-7-8-10-24(23)31)19-33-16-17-34(20(3)18-33)28(36)21-11-13-22(39-4)14-12-21/h5,7-14,20,27H,1,6,15-19H2,2-4H3,(H,32,38). The Hall–Kier alpha value is -3.82. The number of urea groups is 1. The van der Waals surface area contributed by atoms with Gasteiger partial charge in [-0.25, -0.2) is 9.59 Å². The predicted octanol–water partition coefficient (Wildman–Crippen LogP) is 4.26. The number of carbonyl (C=O) groups excluding carboxylic acids is 3. The number of esters is 1. The molecule has 9 nitrogen and oxygen atoms in total. The van der Waals surface area contributed by atoms with Crippen LogP contribution in [-0.2, 0) is 9.53 Å². The van der Waals surface area contributed by atoms with Crippen molar-refractivity contribution < 1.29 is 23.9 Å². The number of amides is 3. The molecule has 0 aliphatic carbocycles. The minimum absolute atomic E-state index is 0.0506. The minimum atomic E-state index is -0.772. The zero-order valence-corrected chi connectivity index (χ0v) is 23.8. The van der Waals surface area contributed by atoms with Gasteiger partial charge in [0.2, 0.25) is 0 Å². The van der Waals surface area contributed by atoms with Crippen molar-refractivity contribution in [3.63, 3.8) is 0 Å². The number of ether oxygens (including phenoxy) is 2. The van der Waals surface area contributed by atoms with Gasteiger partial charge in [-0.05, 0) is 49.7 Å². The van der Waals surface area contributed by atoms with E-state index in [-0.39, 0.29) is 31.1 Å². The van der Waals surface area contributed by atoms with Crippen LogP contribution in [0.5, 0.6) is 5.75 Å². The summed E-state index contributed by atoms with van der Waals surface area (Å²) in [6.45, 7) is 9.86. The van der Waals surface area contributed by atoms with Gasteiger partial charge in [-0.1, -0.05) is 35.9 Å². The van der Waals surface area contributed by atoms with E-state index >= 15 is 0 Å². The summed E-state index contributed by atoms with van der Waals surface area (Å²) >= 11 is 6.51. The lowest BCUT2D eigenvalue weighted by atomic mass is 9.93. The highest BCUT2D eigenvalue weighted by atomic mass is 35.5. The third kappa shape index (κ3) is 6.16. The van der Waals surface area contributed by atoms with E-state index in [1.165, 1.54) is 4.90 Å². The van der Waals surface area contributed by atoms with E-state index < -0.39 is 12.0 Å². The summed E-state index contributed by atoms with van der Waals surface area (Å²) in [6, 6.07) is 13.0. The summed E-state index contributed by atoms with van der Waals surface area (Å²) in [5.74, 6) is 0.124. The van der Waals surface area contributed by atoms with Gasteiger partial charge >= 0.3 is 12.0 Å². The third-order valence-corrected chi connectivity index (χ3v) is 7.49. The number of rotatable bonds is 9. The monoisotopic (exact) mass is 566 g/mol. The van der Waals surface area contributed by atoms with Crippen molar-refractivity contribution in [1.29, 1.82) is 0 Å². The van der Waals surface area contributed by atoms with Crippen LogP contribution in [0.2, 0.25) is 5.02 Å².